The molecule has 0 saturated carbocycles. The molecule has 0 aliphatic carbocycles. The van der Waals surface area contributed by atoms with E-state index in [9.17, 15) is 19.2 Å². The summed E-state index contributed by atoms with van der Waals surface area (Å²) in [5, 5.41) is 3.22. The zero-order chi connectivity index (χ0) is 23.3. The van der Waals surface area contributed by atoms with Gasteiger partial charge in [-0.1, -0.05) is 38.0 Å². The summed E-state index contributed by atoms with van der Waals surface area (Å²) < 4.78 is 6.35. The summed E-state index contributed by atoms with van der Waals surface area (Å²) in [6.45, 7) is 14.0. The van der Waals surface area contributed by atoms with Crippen molar-refractivity contribution in [3.63, 3.8) is 0 Å². The highest BCUT2D eigenvalue weighted by Crippen LogP contribution is 2.39. The molecule has 0 aromatic heterocycles. The van der Waals surface area contributed by atoms with E-state index in [1.54, 1.807) is 19.1 Å². The molecule has 2 heterocycles. The fourth-order valence-corrected chi connectivity index (χ4v) is 5.07. The summed E-state index contributed by atoms with van der Waals surface area (Å²) >= 11 is 0. The van der Waals surface area contributed by atoms with E-state index in [4.69, 9.17) is 9.26 Å². The van der Waals surface area contributed by atoms with E-state index in [1.807, 2.05) is 6.92 Å². The Morgan fingerprint density at radius 2 is 1.58 bits per heavy atom. The van der Waals surface area contributed by atoms with E-state index in [0.29, 0.717) is 5.06 Å². The van der Waals surface area contributed by atoms with E-state index in [0.717, 1.165) is 0 Å². The first-order valence-electron chi connectivity index (χ1n) is 10.4. The molecule has 4 atom stereocenters. The number of β-lactam (4-membered cyclic amide) rings is 1. The third-order valence-electron chi connectivity index (χ3n) is 6.64. The molecule has 3 amide bonds. The van der Waals surface area contributed by atoms with Gasteiger partial charge in [-0.2, -0.15) is 0 Å². The van der Waals surface area contributed by atoms with Crippen LogP contribution in [0.25, 0.3) is 0 Å². The molecule has 9 heteroatoms. The van der Waals surface area contributed by atoms with Crippen LogP contribution in [-0.4, -0.2) is 49.2 Å². The standard InChI is InChI=1S/C22H30N2O6Si/c1-12(17-16(18(25)23-17)13(2)30-31(6,7)22(3,4)5)21(28)29-24-19(26)14-10-8-9-11-15(14)20(24)27/h8-13,16-17H,1-7H3,(H,23,25)/t12-,13-,16-,17-/m1/s1. The number of nitrogens with zero attached hydrogens (tertiary/aromatic N) is 1. The molecule has 0 unspecified atom stereocenters. The second kappa shape index (κ2) is 7.87. The number of imide groups is 1. The van der Waals surface area contributed by atoms with E-state index in [2.05, 4.69) is 39.2 Å². The van der Waals surface area contributed by atoms with E-state index in [1.165, 1.54) is 12.1 Å². The molecule has 168 valence electrons. The monoisotopic (exact) mass is 446 g/mol. The third kappa shape index (κ3) is 4.04. The van der Waals surface area contributed by atoms with Crippen LogP contribution in [-0.2, 0) is 18.9 Å². The van der Waals surface area contributed by atoms with Gasteiger partial charge in [0.15, 0.2) is 8.32 Å². The van der Waals surface area contributed by atoms with Crippen LogP contribution in [0.5, 0.6) is 0 Å². The van der Waals surface area contributed by atoms with Crippen LogP contribution in [0.1, 0.15) is 55.3 Å². The van der Waals surface area contributed by atoms with Gasteiger partial charge in [0.1, 0.15) is 0 Å². The second-order valence-corrected chi connectivity index (χ2v) is 14.5. The van der Waals surface area contributed by atoms with Crippen molar-refractivity contribution in [1.82, 2.24) is 10.4 Å². The van der Waals surface area contributed by atoms with Crippen molar-refractivity contribution in [3.8, 4) is 0 Å². The lowest BCUT2D eigenvalue weighted by atomic mass is 9.79. The van der Waals surface area contributed by atoms with Crippen LogP contribution in [0.4, 0.5) is 0 Å². The lowest BCUT2D eigenvalue weighted by molar-refractivity contribution is -0.177. The number of hydrogen-bond donors (Lipinski definition) is 1. The van der Waals surface area contributed by atoms with Crippen molar-refractivity contribution in [2.24, 2.45) is 11.8 Å². The second-order valence-electron chi connectivity index (χ2n) is 9.79. The van der Waals surface area contributed by atoms with Crippen molar-refractivity contribution in [1.29, 1.82) is 0 Å². The van der Waals surface area contributed by atoms with Gasteiger partial charge in [0.25, 0.3) is 11.8 Å². The molecule has 1 aromatic rings. The minimum atomic E-state index is -2.11. The highest BCUT2D eigenvalue weighted by molar-refractivity contribution is 6.74. The van der Waals surface area contributed by atoms with Crippen molar-refractivity contribution in [2.75, 3.05) is 0 Å². The summed E-state index contributed by atoms with van der Waals surface area (Å²) in [5.74, 6) is -3.58. The van der Waals surface area contributed by atoms with Crippen LogP contribution >= 0.6 is 0 Å². The van der Waals surface area contributed by atoms with Crippen LogP contribution in [0.15, 0.2) is 24.3 Å². The first-order chi connectivity index (χ1) is 14.3. The Kier molecular flexibility index (Phi) is 5.88. The largest absolute Gasteiger partial charge is 0.413 e. The zero-order valence-electron chi connectivity index (χ0n) is 19.0. The zero-order valence-corrected chi connectivity index (χ0v) is 20.0. The maximum Gasteiger partial charge on any atom is 0.338 e. The fraction of sp³-hybridized carbons (Fsp3) is 0.545. The molecule has 0 spiro atoms. The average Bonchev–Trinajstić information content (AvgIpc) is 2.89. The topological polar surface area (TPSA) is 102 Å². The number of fused-ring (bicyclic) bond motifs is 1. The van der Waals surface area contributed by atoms with Gasteiger partial charge in [-0.05, 0) is 44.1 Å². The maximum absolute atomic E-state index is 12.7. The minimum Gasteiger partial charge on any atom is -0.413 e. The highest BCUT2D eigenvalue weighted by atomic mass is 28.4. The van der Waals surface area contributed by atoms with Crippen molar-refractivity contribution in [2.45, 2.75) is 64.9 Å². The van der Waals surface area contributed by atoms with Gasteiger partial charge >= 0.3 is 5.97 Å². The number of carbonyl (C=O) groups excluding carboxylic acids is 4. The predicted octanol–water partition coefficient (Wildman–Crippen LogP) is 2.90. The number of nitrogens with one attached hydrogen (secondary N) is 1. The summed E-state index contributed by atoms with van der Waals surface area (Å²) in [7, 11) is -2.11. The Morgan fingerprint density at radius 1 is 1.06 bits per heavy atom. The first kappa shape index (κ1) is 23.1. The molecular weight excluding hydrogens is 416 g/mol. The summed E-state index contributed by atoms with van der Waals surface area (Å²) in [5.41, 5.74) is 0.387. The van der Waals surface area contributed by atoms with Crippen molar-refractivity contribution < 1.29 is 28.4 Å². The molecular formula is C22H30N2O6Si. The molecule has 2 aliphatic rings. The Labute approximate surface area is 183 Å². The van der Waals surface area contributed by atoms with Crippen molar-refractivity contribution >= 4 is 32.0 Å². The molecule has 8 nitrogen and oxygen atoms in total. The maximum atomic E-state index is 12.7. The Bertz CT molecular complexity index is 903. The lowest BCUT2D eigenvalue weighted by Crippen LogP contribution is -2.67. The molecule has 1 fully saturated rings. The Morgan fingerprint density at radius 3 is 2.03 bits per heavy atom. The van der Waals surface area contributed by atoms with E-state index < -0.39 is 44.0 Å². The van der Waals surface area contributed by atoms with E-state index in [-0.39, 0.29) is 28.2 Å². The van der Waals surface area contributed by atoms with Crippen molar-refractivity contribution in [3.05, 3.63) is 35.4 Å². The number of rotatable bonds is 6. The summed E-state index contributed by atoms with van der Waals surface area (Å²) in [6.07, 6.45) is -0.380. The molecule has 0 radical (unpaired) electrons. The van der Waals surface area contributed by atoms with Gasteiger partial charge in [-0.15, -0.1) is 0 Å². The normalized spacial score (nSPS) is 23.1. The van der Waals surface area contributed by atoms with Gasteiger partial charge < -0.3 is 14.6 Å². The van der Waals surface area contributed by atoms with Crippen LogP contribution in [0, 0.1) is 11.8 Å². The summed E-state index contributed by atoms with van der Waals surface area (Å²) in [4.78, 5) is 55.1. The molecule has 0 bridgehead atoms. The summed E-state index contributed by atoms with van der Waals surface area (Å²) in [6, 6.07) is 5.78. The van der Waals surface area contributed by atoms with E-state index >= 15 is 0 Å². The molecule has 31 heavy (non-hydrogen) atoms. The Hall–Kier alpha value is -2.52. The van der Waals surface area contributed by atoms with Gasteiger partial charge in [0, 0.05) is 0 Å². The average molecular weight is 447 g/mol. The van der Waals surface area contributed by atoms with Crippen LogP contribution in [0.2, 0.25) is 18.1 Å². The number of amides is 3. The van der Waals surface area contributed by atoms with Crippen LogP contribution in [0.3, 0.4) is 0 Å². The van der Waals surface area contributed by atoms with Crippen LogP contribution < -0.4 is 5.32 Å². The van der Waals surface area contributed by atoms with Gasteiger partial charge in [-0.25, -0.2) is 4.79 Å². The quantitative estimate of drug-likeness (QED) is 0.410. The molecule has 1 aromatic carbocycles. The van der Waals surface area contributed by atoms with Gasteiger partial charge in [-0.3, -0.25) is 14.4 Å². The van der Waals surface area contributed by atoms with Gasteiger partial charge in [0.05, 0.1) is 35.1 Å². The number of carbonyl (C=O) groups is 4. The minimum absolute atomic E-state index is 0.0208. The first-order valence-corrected chi connectivity index (χ1v) is 13.3. The Balaban J connectivity index is 1.68. The number of hydroxylamine groups is 2. The SMILES string of the molecule is C[C@@H](O[Si](C)(C)C(C)(C)C)[C@H]1C(=O)N[C@@H]1[C@@H](C)C(=O)ON1C(=O)c2ccccc2C1=O. The molecule has 2 aliphatic heterocycles. The smallest absolute Gasteiger partial charge is 0.338 e. The highest BCUT2D eigenvalue weighted by Gasteiger charge is 2.51. The fourth-order valence-electron chi connectivity index (χ4n) is 3.64. The van der Waals surface area contributed by atoms with Gasteiger partial charge in [0.2, 0.25) is 5.91 Å². The lowest BCUT2D eigenvalue weighted by Gasteiger charge is -2.46. The number of benzene rings is 1. The molecule has 1 saturated heterocycles. The predicted molar refractivity (Wildman–Crippen MR) is 115 cm³/mol. The molecule has 3 rings (SSSR count). The molecule has 1 N–H and O–H groups in total. The third-order valence-corrected chi connectivity index (χ3v) is 11.2. The number of hydrogen-bond acceptors (Lipinski definition) is 6.